The summed E-state index contributed by atoms with van der Waals surface area (Å²) in [6.45, 7) is 2.64. The number of phenolic OH excluding ortho intramolecular Hbond substituents is 1. The van der Waals surface area contributed by atoms with Gasteiger partial charge in [0.2, 0.25) is 0 Å². The van der Waals surface area contributed by atoms with E-state index in [0.29, 0.717) is 17.9 Å². The van der Waals surface area contributed by atoms with Gasteiger partial charge in [-0.25, -0.2) is 5.43 Å². The van der Waals surface area contributed by atoms with Gasteiger partial charge in [-0.05, 0) is 36.8 Å². The average Bonchev–Trinajstić information content (AvgIpc) is 3.18. The van der Waals surface area contributed by atoms with E-state index in [2.05, 4.69) is 20.7 Å². The lowest BCUT2D eigenvalue weighted by Crippen LogP contribution is -2.18. The highest BCUT2D eigenvalue weighted by atomic mass is 16.5. The molecule has 1 amide bonds. The number of hydrazone groups is 1. The summed E-state index contributed by atoms with van der Waals surface area (Å²) >= 11 is 0. The fraction of sp³-hybridized carbons (Fsp3) is 0.150. The quantitative estimate of drug-likeness (QED) is 0.442. The zero-order chi connectivity index (χ0) is 19.1. The van der Waals surface area contributed by atoms with E-state index in [1.807, 2.05) is 31.2 Å². The van der Waals surface area contributed by atoms with Gasteiger partial charge in [0.05, 0.1) is 18.5 Å². The van der Waals surface area contributed by atoms with Gasteiger partial charge in [0, 0.05) is 11.1 Å². The molecular weight excluding hydrogens is 344 g/mol. The molecule has 2 aromatic carbocycles. The molecule has 0 unspecified atom stereocenters. The molecule has 0 fully saturated rings. The highest BCUT2D eigenvalue weighted by Crippen LogP contribution is 2.28. The lowest BCUT2D eigenvalue weighted by Gasteiger charge is -2.08. The Morgan fingerprint density at radius 3 is 2.85 bits per heavy atom. The maximum atomic E-state index is 12.2. The first-order valence-corrected chi connectivity index (χ1v) is 8.58. The molecule has 1 aromatic heterocycles. The monoisotopic (exact) mass is 364 g/mol. The molecule has 3 aromatic rings. The van der Waals surface area contributed by atoms with Crippen LogP contribution in [-0.4, -0.2) is 34.0 Å². The SMILES string of the molecule is CCCOc1ccccc1-c1cc(C(=O)N/N=C\c2ccccc2O)[nH]n1. The van der Waals surface area contributed by atoms with Crippen molar-refractivity contribution in [1.82, 2.24) is 15.6 Å². The van der Waals surface area contributed by atoms with Crippen LogP contribution in [-0.2, 0) is 0 Å². The molecular formula is C20H20N4O3. The molecule has 0 atom stereocenters. The summed E-state index contributed by atoms with van der Waals surface area (Å²) in [6.07, 6.45) is 2.27. The second-order valence-electron chi connectivity index (χ2n) is 5.77. The third-order valence-electron chi connectivity index (χ3n) is 3.75. The zero-order valence-corrected chi connectivity index (χ0v) is 14.8. The van der Waals surface area contributed by atoms with Crippen molar-refractivity contribution in [2.45, 2.75) is 13.3 Å². The molecule has 0 aliphatic heterocycles. The summed E-state index contributed by atoms with van der Waals surface area (Å²) in [7, 11) is 0. The van der Waals surface area contributed by atoms with Crippen LogP contribution < -0.4 is 10.2 Å². The summed E-state index contributed by atoms with van der Waals surface area (Å²) in [5.74, 6) is 0.366. The number of amides is 1. The minimum Gasteiger partial charge on any atom is -0.507 e. The van der Waals surface area contributed by atoms with E-state index in [9.17, 15) is 9.90 Å². The molecule has 0 bridgehead atoms. The third-order valence-corrected chi connectivity index (χ3v) is 3.75. The van der Waals surface area contributed by atoms with Crippen molar-refractivity contribution in [1.29, 1.82) is 0 Å². The van der Waals surface area contributed by atoms with E-state index in [4.69, 9.17) is 4.74 Å². The van der Waals surface area contributed by atoms with E-state index < -0.39 is 5.91 Å². The van der Waals surface area contributed by atoms with Crippen LogP contribution in [0.4, 0.5) is 0 Å². The van der Waals surface area contributed by atoms with E-state index >= 15 is 0 Å². The fourth-order valence-electron chi connectivity index (χ4n) is 2.41. The fourth-order valence-corrected chi connectivity index (χ4v) is 2.41. The first-order chi connectivity index (χ1) is 13.2. The lowest BCUT2D eigenvalue weighted by molar-refractivity contribution is 0.0950. The number of benzene rings is 2. The van der Waals surface area contributed by atoms with Crippen molar-refractivity contribution in [2.24, 2.45) is 5.10 Å². The topological polar surface area (TPSA) is 99.6 Å². The minimum atomic E-state index is -0.438. The number of H-pyrrole nitrogens is 1. The molecule has 3 rings (SSSR count). The number of rotatable bonds is 7. The molecule has 0 spiro atoms. The number of aromatic hydroxyl groups is 1. The first kappa shape index (κ1) is 18.2. The van der Waals surface area contributed by atoms with Crippen molar-refractivity contribution < 1.29 is 14.6 Å². The number of nitrogens with zero attached hydrogens (tertiary/aromatic N) is 2. The van der Waals surface area contributed by atoms with Crippen molar-refractivity contribution in [3.05, 3.63) is 65.9 Å². The first-order valence-electron chi connectivity index (χ1n) is 8.58. The smallest absolute Gasteiger partial charge is 0.289 e. The van der Waals surface area contributed by atoms with Crippen LogP contribution in [0.25, 0.3) is 11.3 Å². The molecule has 0 saturated heterocycles. The highest BCUT2D eigenvalue weighted by Gasteiger charge is 2.13. The van der Waals surface area contributed by atoms with Crippen LogP contribution in [0.2, 0.25) is 0 Å². The van der Waals surface area contributed by atoms with Gasteiger partial charge in [-0.2, -0.15) is 10.2 Å². The number of ether oxygens (including phenoxy) is 1. The summed E-state index contributed by atoms with van der Waals surface area (Å²) < 4.78 is 5.73. The normalized spacial score (nSPS) is 10.9. The summed E-state index contributed by atoms with van der Waals surface area (Å²) in [6, 6.07) is 15.9. The Morgan fingerprint density at radius 1 is 1.26 bits per heavy atom. The Labute approximate surface area is 156 Å². The van der Waals surface area contributed by atoms with Crippen LogP contribution in [0.1, 0.15) is 29.4 Å². The number of hydrogen-bond donors (Lipinski definition) is 3. The molecule has 0 radical (unpaired) electrons. The number of nitrogens with one attached hydrogen (secondary N) is 2. The number of para-hydroxylation sites is 2. The van der Waals surface area contributed by atoms with Gasteiger partial charge in [0.25, 0.3) is 5.91 Å². The highest BCUT2D eigenvalue weighted by molar-refractivity contribution is 5.94. The van der Waals surface area contributed by atoms with Crippen molar-refractivity contribution in [2.75, 3.05) is 6.61 Å². The largest absolute Gasteiger partial charge is 0.507 e. The predicted octanol–water partition coefficient (Wildman–Crippen LogP) is 3.34. The predicted molar refractivity (Wildman–Crippen MR) is 103 cm³/mol. The Hall–Kier alpha value is -3.61. The number of carbonyl (C=O) groups excluding carboxylic acids is 1. The molecule has 138 valence electrons. The van der Waals surface area contributed by atoms with E-state index in [1.54, 1.807) is 30.3 Å². The number of hydrogen-bond acceptors (Lipinski definition) is 5. The molecule has 7 heteroatoms. The Balaban J connectivity index is 1.70. The van der Waals surface area contributed by atoms with Crippen LogP contribution >= 0.6 is 0 Å². The van der Waals surface area contributed by atoms with Gasteiger partial charge in [0.15, 0.2) is 0 Å². The van der Waals surface area contributed by atoms with Crippen molar-refractivity contribution in [3.8, 4) is 22.8 Å². The van der Waals surface area contributed by atoms with Gasteiger partial charge >= 0.3 is 0 Å². The second kappa shape index (κ2) is 8.66. The maximum absolute atomic E-state index is 12.2. The maximum Gasteiger partial charge on any atom is 0.289 e. The van der Waals surface area contributed by atoms with Gasteiger partial charge in [0.1, 0.15) is 17.2 Å². The Morgan fingerprint density at radius 2 is 2.04 bits per heavy atom. The van der Waals surface area contributed by atoms with Crippen molar-refractivity contribution in [3.63, 3.8) is 0 Å². The van der Waals surface area contributed by atoms with Crippen LogP contribution in [0, 0.1) is 0 Å². The standard InChI is InChI=1S/C20H20N4O3/c1-2-11-27-19-10-6-4-8-15(19)16-12-17(23-22-16)20(26)24-21-13-14-7-3-5-9-18(14)25/h3-10,12-13,25H,2,11H2,1H3,(H,22,23)(H,24,26)/b21-13-. The molecule has 1 heterocycles. The molecule has 27 heavy (non-hydrogen) atoms. The summed E-state index contributed by atoms with van der Waals surface area (Å²) in [5.41, 5.74) is 4.59. The van der Waals surface area contributed by atoms with E-state index in [-0.39, 0.29) is 11.4 Å². The van der Waals surface area contributed by atoms with E-state index in [0.717, 1.165) is 17.7 Å². The van der Waals surface area contributed by atoms with Gasteiger partial charge in [-0.15, -0.1) is 0 Å². The zero-order valence-electron chi connectivity index (χ0n) is 14.8. The van der Waals surface area contributed by atoms with Crippen molar-refractivity contribution >= 4 is 12.1 Å². The molecule has 0 saturated carbocycles. The van der Waals surface area contributed by atoms with E-state index in [1.165, 1.54) is 6.21 Å². The molecule has 0 aliphatic carbocycles. The number of aromatic amines is 1. The van der Waals surface area contributed by atoms with Gasteiger partial charge < -0.3 is 9.84 Å². The summed E-state index contributed by atoms with van der Waals surface area (Å²) in [5, 5.41) is 20.4. The molecule has 3 N–H and O–H groups in total. The number of phenols is 1. The average molecular weight is 364 g/mol. The Kier molecular flexibility index (Phi) is 5.84. The third kappa shape index (κ3) is 4.52. The van der Waals surface area contributed by atoms with Crippen LogP contribution in [0.15, 0.2) is 59.7 Å². The summed E-state index contributed by atoms with van der Waals surface area (Å²) in [4.78, 5) is 12.2. The molecule has 0 aliphatic rings. The lowest BCUT2D eigenvalue weighted by atomic mass is 10.1. The minimum absolute atomic E-state index is 0.0861. The number of carbonyl (C=O) groups is 1. The Bertz CT molecular complexity index is 950. The van der Waals surface area contributed by atoms with Crippen LogP contribution in [0.5, 0.6) is 11.5 Å². The molecule has 7 nitrogen and oxygen atoms in total. The second-order valence-corrected chi connectivity index (χ2v) is 5.77. The van der Waals surface area contributed by atoms with Gasteiger partial charge in [-0.3, -0.25) is 9.89 Å². The van der Waals surface area contributed by atoms with Gasteiger partial charge in [-0.1, -0.05) is 31.2 Å². The number of aromatic nitrogens is 2. The van der Waals surface area contributed by atoms with Crippen LogP contribution in [0.3, 0.4) is 0 Å².